The van der Waals surface area contributed by atoms with Crippen molar-refractivity contribution in [2.75, 3.05) is 19.6 Å². The minimum Gasteiger partial charge on any atom is -0.493 e. The molecule has 0 atom stereocenters. The molecule has 0 aliphatic heterocycles. The van der Waals surface area contributed by atoms with Gasteiger partial charge in [-0.05, 0) is 32.0 Å². The number of anilines is 1. The molecule has 7 nitrogen and oxygen atoms in total. The van der Waals surface area contributed by atoms with Gasteiger partial charge in [-0.2, -0.15) is 0 Å². The summed E-state index contributed by atoms with van der Waals surface area (Å²) in [5.74, 6) is 0.641. The minimum atomic E-state index is -0.407. The third kappa shape index (κ3) is 4.01. The third-order valence-electron chi connectivity index (χ3n) is 2.97. The number of aromatic nitrogens is 2. The van der Waals surface area contributed by atoms with Crippen LogP contribution in [0.3, 0.4) is 0 Å². The van der Waals surface area contributed by atoms with E-state index in [0.717, 1.165) is 11.4 Å². The van der Waals surface area contributed by atoms with Gasteiger partial charge in [-0.15, -0.1) is 0 Å². The lowest BCUT2D eigenvalue weighted by Gasteiger charge is -2.12. The van der Waals surface area contributed by atoms with Crippen molar-refractivity contribution in [3.05, 3.63) is 40.2 Å². The molecule has 1 amide bonds. The summed E-state index contributed by atoms with van der Waals surface area (Å²) in [5.41, 5.74) is 7.09. The maximum Gasteiger partial charge on any atom is 0.269 e. The van der Waals surface area contributed by atoms with E-state index in [0.29, 0.717) is 23.0 Å². The second kappa shape index (κ2) is 7.15. The van der Waals surface area contributed by atoms with Crippen molar-refractivity contribution in [3.8, 4) is 11.5 Å². The van der Waals surface area contributed by atoms with Crippen LogP contribution in [0.5, 0.6) is 11.5 Å². The predicted octanol–water partition coefficient (Wildman–Crippen LogP) is 2.52. The van der Waals surface area contributed by atoms with Gasteiger partial charge in [0.2, 0.25) is 5.95 Å². The number of halogens is 1. The molecular weight excluding hydrogens is 320 g/mol. The van der Waals surface area contributed by atoms with Crippen LogP contribution in [0.2, 0.25) is 5.02 Å². The number of benzene rings is 1. The molecule has 1 heterocycles. The average molecular weight is 337 g/mol. The van der Waals surface area contributed by atoms with Crippen LogP contribution in [-0.2, 0) is 0 Å². The van der Waals surface area contributed by atoms with Gasteiger partial charge in [0.25, 0.3) is 5.91 Å². The summed E-state index contributed by atoms with van der Waals surface area (Å²) in [6.07, 6.45) is 0. The lowest BCUT2D eigenvalue weighted by Crippen LogP contribution is -2.30. The Balaban J connectivity index is 2.16. The molecule has 1 aromatic heterocycles. The molecule has 0 aliphatic carbocycles. The first kappa shape index (κ1) is 16.8. The van der Waals surface area contributed by atoms with Crippen LogP contribution in [0.15, 0.2) is 18.2 Å². The Kier molecular flexibility index (Phi) is 5.23. The van der Waals surface area contributed by atoms with Gasteiger partial charge in [0.1, 0.15) is 0 Å². The number of hydrogen-bond acceptors (Lipinski definition) is 6. The molecule has 0 fully saturated rings. The Bertz CT molecular complexity index is 717. The van der Waals surface area contributed by atoms with Gasteiger partial charge < -0.3 is 9.47 Å². The lowest BCUT2D eigenvalue weighted by molar-refractivity contribution is 0.0962. The number of amides is 1. The second-order valence-corrected chi connectivity index (χ2v) is 5.15. The number of aryl methyl sites for hydroxylation is 2. The van der Waals surface area contributed by atoms with Crippen LogP contribution in [0.25, 0.3) is 0 Å². The molecule has 2 N–H and O–H groups in total. The molecule has 0 aliphatic rings. The second-order valence-electron chi connectivity index (χ2n) is 4.75. The molecule has 0 bridgehead atoms. The highest BCUT2D eigenvalue weighted by Gasteiger charge is 2.15. The first-order chi connectivity index (χ1) is 10.9. The smallest absolute Gasteiger partial charge is 0.269 e. The number of methoxy groups -OCH3 is 2. The van der Waals surface area contributed by atoms with E-state index in [9.17, 15) is 4.79 Å². The summed E-state index contributed by atoms with van der Waals surface area (Å²) in [5, 5.41) is 0.277. The van der Waals surface area contributed by atoms with Gasteiger partial charge in [-0.1, -0.05) is 11.6 Å². The zero-order valence-corrected chi connectivity index (χ0v) is 14.0. The minimum absolute atomic E-state index is 0.277. The van der Waals surface area contributed by atoms with Crippen LogP contribution >= 0.6 is 11.6 Å². The fourth-order valence-corrected chi connectivity index (χ4v) is 2.30. The normalized spacial score (nSPS) is 10.1. The van der Waals surface area contributed by atoms with Crippen molar-refractivity contribution < 1.29 is 14.3 Å². The molecule has 0 unspecified atom stereocenters. The molecule has 2 rings (SSSR count). The van der Waals surface area contributed by atoms with E-state index < -0.39 is 5.91 Å². The molecular formula is C15H17ClN4O3. The maximum atomic E-state index is 12.2. The van der Waals surface area contributed by atoms with Crippen molar-refractivity contribution in [2.45, 2.75) is 13.8 Å². The highest BCUT2D eigenvalue weighted by Crippen LogP contribution is 2.35. The lowest BCUT2D eigenvalue weighted by atomic mass is 10.2. The monoisotopic (exact) mass is 336 g/mol. The van der Waals surface area contributed by atoms with Crippen LogP contribution < -0.4 is 20.3 Å². The van der Waals surface area contributed by atoms with Crippen molar-refractivity contribution in [2.24, 2.45) is 0 Å². The van der Waals surface area contributed by atoms with Gasteiger partial charge in [-0.3, -0.25) is 15.6 Å². The number of nitrogens with one attached hydrogen (secondary N) is 2. The Labute approximate surface area is 139 Å². The van der Waals surface area contributed by atoms with Crippen molar-refractivity contribution in [1.29, 1.82) is 0 Å². The van der Waals surface area contributed by atoms with E-state index in [-0.39, 0.29) is 5.02 Å². The number of rotatable bonds is 5. The summed E-state index contributed by atoms with van der Waals surface area (Å²) in [7, 11) is 2.94. The Hall–Kier alpha value is -2.54. The standard InChI is InChI=1S/C15H17ClN4O3/c1-8-5-9(2)18-15(17-8)20-19-14(21)10-6-11(16)13(23-4)12(7-10)22-3/h5-7H,1-4H3,(H,19,21)(H,17,18,20). The molecule has 0 spiro atoms. The number of ether oxygens (including phenoxy) is 2. The number of hydrazine groups is 1. The quantitative estimate of drug-likeness (QED) is 0.816. The molecule has 1 aromatic carbocycles. The molecule has 0 saturated carbocycles. The van der Waals surface area contributed by atoms with E-state index in [1.165, 1.54) is 26.4 Å². The summed E-state index contributed by atoms with van der Waals surface area (Å²) < 4.78 is 10.3. The van der Waals surface area contributed by atoms with Gasteiger partial charge >= 0.3 is 0 Å². The number of carbonyl (C=O) groups excluding carboxylic acids is 1. The van der Waals surface area contributed by atoms with E-state index in [1.807, 2.05) is 19.9 Å². The fourth-order valence-electron chi connectivity index (χ4n) is 2.02. The zero-order valence-electron chi connectivity index (χ0n) is 13.2. The van der Waals surface area contributed by atoms with Gasteiger partial charge in [-0.25, -0.2) is 9.97 Å². The predicted molar refractivity (Wildman–Crippen MR) is 87.2 cm³/mol. The highest BCUT2D eigenvalue weighted by atomic mass is 35.5. The number of hydrogen-bond donors (Lipinski definition) is 2. The largest absolute Gasteiger partial charge is 0.493 e. The topological polar surface area (TPSA) is 85.4 Å². The van der Waals surface area contributed by atoms with E-state index in [1.54, 1.807) is 0 Å². The van der Waals surface area contributed by atoms with Crippen LogP contribution in [0.1, 0.15) is 21.7 Å². The van der Waals surface area contributed by atoms with Crippen LogP contribution in [-0.4, -0.2) is 30.1 Å². The van der Waals surface area contributed by atoms with E-state index in [2.05, 4.69) is 20.8 Å². The maximum absolute atomic E-state index is 12.2. The first-order valence-corrected chi connectivity index (χ1v) is 7.12. The van der Waals surface area contributed by atoms with Gasteiger partial charge in [0.05, 0.1) is 19.2 Å². The van der Waals surface area contributed by atoms with E-state index in [4.69, 9.17) is 21.1 Å². The third-order valence-corrected chi connectivity index (χ3v) is 3.25. The molecule has 8 heteroatoms. The van der Waals surface area contributed by atoms with Gasteiger partial charge in [0.15, 0.2) is 11.5 Å². The number of nitrogens with zero attached hydrogens (tertiary/aromatic N) is 2. The van der Waals surface area contributed by atoms with Crippen molar-refractivity contribution in [1.82, 2.24) is 15.4 Å². The highest BCUT2D eigenvalue weighted by molar-refractivity contribution is 6.32. The number of carbonyl (C=O) groups is 1. The Morgan fingerprint density at radius 3 is 2.30 bits per heavy atom. The molecule has 23 heavy (non-hydrogen) atoms. The first-order valence-electron chi connectivity index (χ1n) is 6.74. The average Bonchev–Trinajstić information content (AvgIpc) is 2.50. The SMILES string of the molecule is COc1cc(C(=O)NNc2nc(C)cc(C)n2)cc(Cl)c1OC. The molecule has 2 aromatic rings. The van der Waals surface area contributed by atoms with Gasteiger partial charge in [0, 0.05) is 17.0 Å². The fraction of sp³-hybridized carbons (Fsp3) is 0.267. The summed E-state index contributed by atoms with van der Waals surface area (Å²) in [6, 6.07) is 4.85. The Morgan fingerprint density at radius 2 is 1.74 bits per heavy atom. The zero-order chi connectivity index (χ0) is 17.0. The summed E-state index contributed by atoms with van der Waals surface area (Å²) in [4.78, 5) is 20.6. The molecule has 0 saturated heterocycles. The van der Waals surface area contributed by atoms with Crippen LogP contribution in [0, 0.1) is 13.8 Å². The molecule has 122 valence electrons. The van der Waals surface area contributed by atoms with Crippen LogP contribution in [0.4, 0.5) is 5.95 Å². The van der Waals surface area contributed by atoms with E-state index >= 15 is 0 Å². The summed E-state index contributed by atoms with van der Waals surface area (Å²) in [6.45, 7) is 3.69. The Morgan fingerprint density at radius 1 is 1.09 bits per heavy atom. The van der Waals surface area contributed by atoms with Crippen molar-refractivity contribution in [3.63, 3.8) is 0 Å². The molecule has 0 radical (unpaired) electrons. The van der Waals surface area contributed by atoms with Crippen molar-refractivity contribution >= 4 is 23.5 Å². The summed E-state index contributed by atoms with van der Waals surface area (Å²) >= 11 is 6.09.